The van der Waals surface area contributed by atoms with E-state index in [0.717, 1.165) is 18.4 Å². The van der Waals surface area contributed by atoms with E-state index in [2.05, 4.69) is 30.8 Å². The number of nitrogens with one attached hydrogen (secondary N) is 2. The second-order valence-electron chi connectivity index (χ2n) is 8.16. The summed E-state index contributed by atoms with van der Waals surface area (Å²) >= 11 is 0. The van der Waals surface area contributed by atoms with E-state index in [0.29, 0.717) is 17.8 Å². The molecule has 2 N–H and O–H groups in total. The summed E-state index contributed by atoms with van der Waals surface area (Å²) in [6, 6.07) is 9.01. The molecule has 28 heavy (non-hydrogen) atoms. The Morgan fingerprint density at radius 2 is 1.89 bits per heavy atom. The number of carbonyl (C=O) groups is 1. The molecule has 0 aliphatic heterocycles. The van der Waals surface area contributed by atoms with Gasteiger partial charge in [-0.15, -0.1) is 0 Å². The third-order valence-corrected chi connectivity index (χ3v) is 6.72. The number of amides is 1. The van der Waals surface area contributed by atoms with Gasteiger partial charge in [-0.25, -0.2) is 13.1 Å². The van der Waals surface area contributed by atoms with E-state index in [1.807, 2.05) is 18.2 Å². The Bertz CT molecular complexity index is 706. The molecule has 3 atom stereocenters. The number of benzene rings is 1. The quantitative estimate of drug-likeness (QED) is 0.581. The summed E-state index contributed by atoms with van der Waals surface area (Å²) in [5.41, 5.74) is 0.730. The molecule has 158 valence electrons. The fourth-order valence-corrected chi connectivity index (χ4v) is 4.94. The van der Waals surface area contributed by atoms with Gasteiger partial charge < -0.3 is 10.1 Å². The van der Waals surface area contributed by atoms with E-state index >= 15 is 0 Å². The van der Waals surface area contributed by atoms with Crippen LogP contribution in [0.5, 0.6) is 0 Å². The minimum absolute atomic E-state index is 0.0252. The zero-order valence-electron chi connectivity index (χ0n) is 17.2. The third kappa shape index (κ3) is 7.89. The molecule has 1 aromatic carbocycles. The Kier molecular flexibility index (Phi) is 8.92. The standard InChI is InChI=1S/C21H34N2O4S/c1-16(2)19-10-9-17(3)13-20(19)27-14-21(24)22-11-12-23-28(25,26)15-18-7-5-4-6-8-18/h4-8,16-17,19-20,23H,9-15H2,1-3H3,(H,22,24)/t17-,19-,20+/m1/s1. The molecular weight excluding hydrogens is 376 g/mol. The number of sulfonamides is 1. The van der Waals surface area contributed by atoms with E-state index in [1.165, 1.54) is 6.42 Å². The van der Waals surface area contributed by atoms with Gasteiger partial charge in [0.2, 0.25) is 15.9 Å². The van der Waals surface area contributed by atoms with Crippen molar-refractivity contribution in [2.45, 2.75) is 51.9 Å². The molecule has 0 bridgehead atoms. The molecule has 1 saturated carbocycles. The monoisotopic (exact) mass is 410 g/mol. The topological polar surface area (TPSA) is 84.5 Å². The average Bonchev–Trinajstić information content (AvgIpc) is 2.64. The Morgan fingerprint density at radius 3 is 2.57 bits per heavy atom. The maximum Gasteiger partial charge on any atom is 0.246 e. The fraction of sp³-hybridized carbons (Fsp3) is 0.667. The number of hydrogen-bond acceptors (Lipinski definition) is 4. The SMILES string of the molecule is CC(C)[C@H]1CC[C@@H](C)C[C@@H]1OCC(=O)NCCNS(=O)(=O)Cc1ccccc1. The van der Waals surface area contributed by atoms with Gasteiger partial charge in [0.25, 0.3) is 0 Å². The van der Waals surface area contributed by atoms with E-state index in [9.17, 15) is 13.2 Å². The molecular formula is C21H34N2O4S. The molecule has 0 unspecified atom stereocenters. The summed E-state index contributed by atoms with van der Waals surface area (Å²) in [5.74, 6) is 1.39. The zero-order chi connectivity index (χ0) is 20.6. The predicted octanol–water partition coefficient (Wildman–Crippen LogP) is 2.70. The van der Waals surface area contributed by atoms with Crippen LogP contribution in [-0.4, -0.2) is 40.1 Å². The van der Waals surface area contributed by atoms with Gasteiger partial charge in [-0.1, -0.05) is 57.5 Å². The summed E-state index contributed by atoms with van der Waals surface area (Å²) in [5, 5.41) is 2.72. The van der Waals surface area contributed by atoms with Crippen molar-refractivity contribution < 1.29 is 17.9 Å². The molecule has 0 radical (unpaired) electrons. The lowest BCUT2D eigenvalue weighted by molar-refractivity contribution is -0.131. The highest BCUT2D eigenvalue weighted by Crippen LogP contribution is 2.35. The van der Waals surface area contributed by atoms with Crippen molar-refractivity contribution in [1.29, 1.82) is 0 Å². The molecule has 1 aliphatic rings. The number of ether oxygens (including phenoxy) is 1. The lowest BCUT2D eigenvalue weighted by atomic mass is 9.75. The number of rotatable bonds is 10. The summed E-state index contributed by atoms with van der Waals surface area (Å²) in [6.07, 6.45) is 3.49. The van der Waals surface area contributed by atoms with Gasteiger partial charge >= 0.3 is 0 Å². The van der Waals surface area contributed by atoms with Crippen LogP contribution in [0, 0.1) is 17.8 Å². The third-order valence-electron chi connectivity index (χ3n) is 5.36. The smallest absolute Gasteiger partial charge is 0.246 e. The van der Waals surface area contributed by atoms with Gasteiger partial charge in [-0.2, -0.15) is 0 Å². The van der Waals surface area contributed by atoms with Crippen LogP contribution < -0.4 is 10.0 Å². The largest absolute Gasteiger partial charge is 0.368 e. The van der Waals surface area contributed by atoms with E-state index in [4.69, 9.17) is 4.74 Å². The highest BCUT2D eigenvalue weighted by molar-refractivity contribution is 7.88. The number of hydrogen-bond donors (Lipinski definition) is 2. The Balaban J connectivity index is 1.67. The first kappa shape index (κ1) is 22.8. The van der Waals surface area contributed by atoms with Gasteiger partial charge in [0, 0.05) is 13.1 Å². The van der Waals surface area contributed by atoms with Crippen molar-refractivity contribution >= 4 is 15.9 Å². The highest BCUT2D eigenvalue weighted by atomic mass is 32.2. The molecule has 1 fully saturated rings. The summed E-state index contributed by atoms with van der Waals surface area (Å²) in [7, 11) is -3.42. The van der Waals surface area contributed by atoms with Gasteiger partial charge in [0.1, 0.15) is 6.61 Å². The molecule has 2 rings (SSSR count). The van der Waals surface area contributed by atoms with Crippen LogP contribution in [0.15, 0.2) is 30.3 Å². The molecule has 6 nitrogen and oxygen atoms in total. The van der Waals surface area contributed by atoms with Gasteiger partial charge in [0.15, 0.2) is 0 Å². The normalized spacial score (nSPS) is 22.9. The van der Waals surface area contributed by atoms with Crippen molar-refractivity contribution in [2.24, 2.45) is 17.8 Å². The zero-order valence-corrected chi connectivity index (χ0v) is 18.0. The first-order valence-corrected chi connectivity index (χ1v) is 11.8. The molecule has 0 aromatic heterocycles. The van der Waals surface area contributed by atoms with E-state index in [1.54, 1.807) is 12.1 Å². The van der Waals surface area contributed by atoms with Crippen LogP contribution in [0.1, 0.15) is 45.6 Å². The summed E-state index contributed by atoms with van der Waals surface area (Å²) < 4.78 is 32.5. The minimum Gasteiger partial charge on any atom is -0.368 e. The van der Waals surface area contributed by atoms with E-state index in [-0.39, 0.29) is 37.5 Å². The molecule has 0 heterocycles. The first-order chi connectivity index (χ1) is 13.3. The average molecular weight is 411 g/mol. The lowest BCUT2D eigenvalue weighted by Gasteiger charge is -2.37. The van der Waals surface area contributed by atoms with Gasteiger partial charge in [-0.05, 0) is 36.2 Å². The fourth-order valence-electron chi connectivity index (χ4n) is 3.79. The summed E-state index contributed by atoms with van der Waals surface area (Å²) in [6.45, 7) is 7.07. The highest BCUT2D eigenvalue weighted by Gasteiger charge is 2.31. The molecule has 0 spiro atoms. The van der Waals surface area contributed by atoms with Crippen molar-refractivity contribution in [2.75, 3.05) is 19.7 Å². The lowest BCUT2D eigenvalue weighted by Crippen LogP contribution is -2.39. The Morgan fingerprint density at radius 1 is 1.18 bits per heavy atom. The van der Waals surface area contributed by atoms with Crippen molar-refractivity contribution in [3.63, 3.8) is 0 Å². The van der Waals surface area contributed by atoms with E-state index < -0.39 is 10.0 Å². The van der Waals surface area contributed by atoms with Crippen LogP contribution >= 0.6 is 0 Å². The van der Waals surface area contributed by atoms with Crippen LogP contribution in [0.3, 0.4) is 0 Å². The maximum absolute atomic E-state index is 12.1. The van der Waals surface area contributed by atoms with Crippen LogP contribution in [0.25, 0.3) is 0 Å². The van der Waals surface area contributed by atoms with Crippen LogP contribution in [0.2, 0.25) is 0 Å². The molecule has 7 heteroatoms. The second-order valence-corrected chi connectivity index (χ2v) is 9.97. The van der Waals surface area contributed by atoms with Crippen molar-refractivity contribution in [1.82, 2.24) is 10.0 Å². The van der Waals surface area contributed by atoms with Crippen molar-refractivity contribution in [3.05, 3.63) is 35.9 Å². The predicted molar refractivity (Wildman–Crippen MR) is 111 cm³/mol. The van der Waals surface area contributed by atoms with Gasteiger partial charge in [-0.3, -0.25) is 4.79 Å². The second kappa shape index (κ2) is 10.9. The maximum atomic E-state index is 12.1. The van der Waals surface area contributed by atoms with Crippen molar-refractivity contribution in [3.8, 4) is 0 Å². The minimum atomic E-state index is -3.42. The summed E-state index contributed by atoms with van der Waals surface area (Å²) in [4.78, 5) is 12.0. The molecule has 1 aliphatic carbocycles. The molecule has 0 saturated heterocycles. The number of carbonyl (C=O) groups excluding carboxylic acids is 1. The first-order valence-electron chi connectivity index (χ1n) is 10.2. The van der Waals surface area contributed by atoms with Crippen LogP contribution in [0.4, 0.5) is 0 Å². The van der Waals surface area contributed by atoms with Gasteiger partial charge in [0.05, 0.1) is 11.9 Å². The molecule has 1 aromatic rings. The Labute approximate surface area is 169 Å². The Hall–Kier alpha value is -1.44. The van der Waals surface area contributed by atoms with Crippen LogP contribution in [-0.2, 0) is 25.3 Å². The molecule has 1 amide bonds.